The maximum Gasteiger partial charge on any atom is 0.329 e. The van der Waals surface area contributed by atoms with E-state index in [4.69, 9.17) is 14.2 Å². The molecule has 2 aromatic rings. The molecule has 0 bridgehead atoms. The summed E-state index contributed by atoms with van der Waals surface area (Å²) in [5.74, 6) is -0.304. The smallest absolute Gasteiger partial charge is 0.329 e. The maximum atomic E-state index is 12.5. The summed E-state index contributed by atoms with van der Waals surface area (Å²) >= 11 is 0. The fraction of sp³-hybridized carbons (Fsp3) is 0.375. The van der Waals surface area contributed by atoms with Crippen LogP contribution in [0.5, 0.6) is 11.5 Å². The van der Waals surface area contributed by atoms with Crippen LogP contribution in [0.1, 0.15) is 48.4 Å². The lowest BCUT2D eigenvalue weighted by Crippen LogP contribution is -2.45. The summed E-state index contributed by atoms with van der Waals surface area (Å²) in [7, 11) is 0. The molecule has 1 N–H and O–H groups in total. The molecule has 0 unspecified atom stereocenters. The fourth-order valence-electron chi connectivity index (χ4n) is 2.81. The van der Waals surface area contributed by atoms with Gasteiger partial charge in [0.1, 0.15) is 17.5 Å². The average Bonchev–Trinajstić information content (AvgIpc) is 2.76. The van der Waals surface area contributed by atoms with E-state index in [1.807, 2.05) is 13.8 Å². The number of nitrogens with one attached hydrogen (secondary N) is 1. The number of ketones is 1. The molecule has 0 aliphatic rings. The normalized spacial score (nSPS) is 11.5. The number of Topliss-reactive ketones (excluding diaryl/α,β-unsaturated/α-hetero) is 1. The van der Waals surface area contributed by atoms with Crippen LogP contribution in [0.2, 0.25) is 0 Å². The Bertz CT molecular complexity index is 874. The SMILES string of the molecule is CCOc1ccc(C(=O)COC(=O)[C@@H](NC(=O)c2ccc(OCC)cc2)C(C)C)cc1. The van der Waals surface area contributed by atoms with Crippen LogP contribution < -0.4 is 14.8 Å². The highest BCUT2D eigenvalue weighted by atomic mass is 16.5. The minimum absolute atomic E-state index is 0.222. The minimum Gasteiger partial charge on any atom is -0.494 e. The van der Waals surface area contributed by atoms with Crippen LogP contribution >= 0.6 is 0 Å². The van der Waals surface area contributed by atoms with Gasteiger partial charge in [-0.1, -0.05) is 13.8 Å². The summed E-state index contributed by atoms with van der Waals surface area (Å²) in [4.78, 5) is 37.4. The number of hydrogen-bond donors (Lipinski definition) is 1. The molecule has 0 saturated carbocycles. The molecular weight excluding hydrogens is 398 g/mol. The third-order valence-electron chi connectivity index (χ3n) is 4.47. The number of esters is 1. The van der Waals surface area contributed by atoms with Crippen LogP contribution in [0, 0.1) is 5.92 Å². The zero-order valence-electron chi connectivity index (χ0n) is 18.3. The van der Waals surface area contributed by atoms with Crippen molar-refractivity contribution in [1.29, 1.82) is 0 Å². The molecule has 0 aliphatic heterocycles. The van der Waals surface area contributed by atoms with E-state index in [9.17, 15) is 14.4 Å². The molecule has 7 nitrogen and oxygen atoms in total. The molecule has 0 saturated heterocycles. The Kier molecular flexibility index (Phi) is 9.06. The Morgan fingerprint density at radius 1 is 0.806 bits per heavy atom. The zero-order chi connectivity index (χ0) is 22.8. The minimum atomic E-state index is -0.882. The Balaban J connectivity index is 1.95. The Labute approximate surface area is 182 Å². The first-order valence-corrected chi connectivity index (χ1v) is 10.3. The van der Waals surface area contributed by atoms with Crippen LogP contribution in [-0.4, -0.2) is 43.5 Å². The summed E-state index contributed by atoms with van der Waals surface area (Å²) in [6.45, 7) is 7.98. The lowest BCUT2D eigenvalue weighted by atomic mass is 10.0. The highest BCUT2D eigenvalue weighted by Crippen LogP contribution is 2.14. The van der Waals surface area contributed by atoms with Gasteiger partial charge in [0.2, 0.25) is 0 Å². The van der Waals surface area contributed by atoms with Crippen molar-refractivity contribution in [2.75, 3.05) is 19.8 Å². The molecule has 2 rings (SSSR count). The van der Waals surface area contributed by atoms with Crippen molar-refractivity contribution in [3.63, 3.8) is 0 Å². The summed E-state index contributed by atoms with van der Waals surface area (Å²) in [5, 5.41) is 2.69. The largest absolute Gasteiger partial charge is 0.494 e. The lowest BCUT2D eigenvalue weighted by molar-refractivity contribution is -0.145. The highest BCUT2D eigenvalue weighted by Gasteiger charge is 2.27. The third kappa shape index (κ3) is 7.13. The number of carbonyl (C=O) groups is 3. The van der Waals surface area contributed by atoms with Gasteiger partial charge in [-0.2, -0.15) is 0 Å². The Morgan fingerprint density at radius 3 is 1.74 bits per heavy atom. The molecule has 0 spiro atoms. The number of benzene rings is 2. The van der Waals surface area contributed by atoms with Gasteiger partial charge in [0.15, 0.2) is 12.4 Å². The van der Waals surface area contributed by atoms with Gasteiger partial charge in [-0.05, 0) is 68.3 Å². The first kappa shape index (κ1) is 23.9. The van der Waals surface area contributed by atoms with Gasteiger partial charge in [0.05, 0.1) is 13.2 Å². The van der Waals surface area contributed by atoms with E-state index in [2.05, 4.69) is 5.32 Å². The van der Waals surface area contributed by atoms with E-state index in [1.165, 1.54) is 0 Å². The molecule has 1 atom stereocenters. The molecule has 0 aliphatic carbocycles. The molecule has 0 aromatic heterocycles. The van der Waals surface area contributed by atoms with E-state index in [0.717, 1.165) is 0 Å². The molecule has 0 heterocycles. The van der Waals surface area contributed by atoms with E-state index < -0.39 is 24.5 Å². The van der Waals surface area contributed by atoms with E-state index in [-0.39, 0.29) is 11.7 Å². The van der Waals surface area contributed by atoms with Crippen molar-refractivity contribution >= 4 is 17.7 Å². The first-order valence-electron chi connectivity index (χ1n) is 10.3. The van der Waals surface area contributed by atoms with Crippen LogP contribution in [0.15, 0.2) is 48.5 Å². The van der Waals surface area contributed by atoms with Gasteiger partial charge in [0, 0.05) is 11.1 Å². The molecule has 0 fully saturated rings. The van der Waals surface area contributed by atoms with Gasteiger partial charge < -0.3 is 19.5 Å². The maximum absolute atomic E-state index is 12.5. The first-order chi connectivity index (χ1) is 14.8. The van der Waals surface area contributed by atoms with Crippen LogP contribution in [0.4, 0.5) is 0 Å². The predicted octanol–water partition coefficient (Wildman–Crippen LogP) is 3.66. The lowest BCUT2D eigenvalue weighted by Gasteiger charge is -2.21. The van der Waals surface area contributed by atoms with Crippen molar-refractivity contribution in [3.8, 4) is 11.5 Å². The topological polar surface area (TPSA) is 90.9 Å². The summed E-state index contributed by atoms with van der Waals surface area (Å²) < 4.78 is 15.9. The summed E-state index contributed by atoms with van der Waals surface area (Å²) in [6, 6.07) is 12.4. The number of rotatable bonds is 11. The van der Waals surface area contributed by atoms with Gasteiger partial charge in [-0.25, -0.2) is 4.79 Å². The molecule has 7 heteroatoms. The van der Waals surface area contributed by atoms with Crippen molar-refractivity contribution < 1.29 is 28.6 Å². The van der Waals surface area contributed by atoms with E-state index in [1.54, 1.807) is 62.4 Å². The standard InChI is InChI=1S/C24H29NO6/c1-5-29-19-11-7-17(8-12-19)21(26)15-31-24(28)22(16(3)4)25-23(27)18-9-13-20(14-10-18)30-6-2/h7-14,16,22H,5-6,15H2,1-4H3,(H,25,27)/t22-/m0/s1. The number of hydrogen-bond acceptors (Lipinski definition) is 6. The second-order valence-corrected chi connectivity index (χ2v) is 7.14. The molecule has 0 radical (unpaired) electrons. The zero-order valence-corrected chi connectivity index (χ0v) is 18.3. The molecule has 2 aromatic carbocycles. The summed E-state index contributed by atoms with van der Waals surface area (Å²) in [5.41, 5.74) is 0.808. The number of carbonyl (C=O) groups excluding carboxylic acids is 3. The van der Waals surface area contributed by atoms with Crippen molar-refractivity contribution in [1.82, 2.24) is 5.32 Å². The predicted molar refractivity (Wildman–Crippen MR) is 117 cm³/mol. The average molecular weight is 427 g/mol. The molecule has 166 valence electrons. The number of amides is 1. The quantitative estimate of drug-likeness (QED) is 0.435. The second kappa shape index (κ2) is 11.7. The van der Waals surface area contributed by atoms with Gasteiger partial charge in [-0.3, -0.25) is 9.59 Å². The van der Waals surface area contributed by atoms with Gasteiger partial charge in [0.25, 0.3) is 5.91 Å². The van der Waals surface area contributed by atoms with Crippen LogP contribution in [-0.2, 0) is 9.53 Å². The molecule has 31 heavy (non-hydrogen) atoms. The Morgan fingerprint density at radius 2 is 1.29 bits per heavy atom. The highest BCUT2D eigenvalue weighted by molar-refractivity contribution is 5.99. The molecular formula is C24H29NO6. The number of ether oxygens (including phenoxy) is 3. The van der Waals surface area contributed by atoms with Gasteiger partial charge in [-0.15, -0.1) is 0 Å². The van der Waals surface area contributed by atoms with Crippen LogP contribution in [0.3, 0.4) is 0 Å². The van der Waals surface area contributed by atoms with Gasteiger partial charge >= 0.3 is 5.97 Å². The van der Waals surface area contributed by atoms with Crippen molar-refractivity contribution in [3.05, 3.63) is 59.7 Å². The second-order valence-electron chi connectivity index (χ2n) is 7.14. The van der Waals surface area contributed by atoms with Crippen molar-refractivity contribution in [2.45, 2.75) is 33.7 Å². The monoisotopic (exact) mass is 427 g/mol. The third-order valence-corrected chi connectivity index (χ3v) is 4.47. The molecule has 1 amide bonds. The summed E-state index contributed by atoms with van der Waals surface area (Å²) in [6.07, 6.45) is 0. The van der Waals surface area contributed by atoms with E-state index >= 15 is 0 Å². The van der Waals surface area contributed by atoms with E-state index in [0.29, 0.717) is 35.8 Å². The fourth-order valence-corrected chi connectivity index (χ4v) is 2.81. The Hall–Kier alpha value is -3.35. The van der Waals surface area contributed by atoms with Crippen molar-refractivity contribution in [2.24, 2.45) is 5.92 Å². The van der Waals surface area contributed by atoms with Crippen LogP contribution in [0.25, 0.3) is 0 Å².